The topological polar surface area (TPSA) is 77.1 Å². The zero-order valence-electron chi connectivity index (χ0n) is 12.6. The van der Waals surface area contributed by atoms with E-state index < -0.39 is 0 Å². The Hall–Kier alpha value is -2.30. The fourth-order valence-corrected chi connectivity index (χ4v) is 2.24. The highest BCUT2D eigenvalue weighted by Crippen LogP contribution is 2.13. The van der Waals surface area contributed by atoms with Gasteiger partial charge in [-0.25, -0.2) is 0 Å². The van der Waals surface area contributed by atoms with E-state index in [0.29, 0.717) is 11.2 Å². The highest BCUT2D eigenvalue weighted by atomic mass is 16.2. The molecule has 1 amide bonds. The minimum atomic E-state index is -0.281. The summed E-state index contributed by atoms with van der Waals surface area (Å²) < 4.78 is 1.45. The van der Waals surface area contributed by atoms with Crippen LogP contribution in [0.25, 0.3) is 10.8 Å². The highest BCUT2D eigenvalue weighted by Gasteiger charge is 2.14. The Balaban J connectivity index is 2.23. The fourth-order valence-electron chi connectivity index (χ4n) is 2.24. The van der Waals surface area contributed by atoms with Gasteiger partial charge in [-0.05, 0) is 38.3 Å². The minimum absolute atomic E-state index is 0.0954. The average Bonchev–Trinajstić information content (AvgIpc) is 2.36. The maximum Gasteiger partial charge on any atom is 0.259 e. The van der Waals surface area contributed by atoms with Crippen LogP contribution in [0.1, 0.15) is 27.2 Å². The number of nitrogens with zero attached hydrogens (tertiary/aromatic N) is 1. The molecule has 3 N–H and O–H groups in total. The van der Waals surface area contributed by atoms with Crippen molar-refractivity contribution in [2.45, 2.75) is 39.3 Å². The molecule has 0 fully saturated rings. The van der Waals surface area contributed by atoms with E-state index in [0.717, 1.165) is 5.39 Å². The molecule has 0 aliphatic rings. The van der Waals surface area contributed by atoms with Crippen LogP contribution >= 0.6 is 0 Å². The molecule has 1 heterocycles. The van der Waals surface area contributed by atoms with Gasteiger partial charge in [0.1, 0.15) is 5.82 Å². The van der Waals surface area contributed by atoms with Crippen LogP contribution < -0.4 is 16.6 Å². The number of hydrogen-bond donors (Lipinski definition) is 2. The number of nitrogen functional groups attached to an aromatic ring is 1. The number of rotatable bonds is 3. The Morgan fingerprint density at radius 1 is 1.29 bits per heavy atom. The summed E-state index contributed by atoms with van der Waals surface area (Å²) in [6.07, 6.45) is 0.222. The maximum absolute atomic E-state index is 12.4. The van der Waals surface area contributed by atoms with Gasteiger partial charge in [-0.2, -0.15) is 0 Å². The molecule has 5 heteroatoms. The first-order chi connectivity index (χ1) is 9.78. The van der Waals surface area contributed by atoms with Gasteiger partial charge in [0.05, 0.1) is 0 Å². The van der Waals surface area contributed by atoms with Gasteiger partial charge in [0.25, 0.3) is 5.56 Å². The molecule has 0 aliphatic carbocycles. The molecule has 1 aromatic carbocycles. The third-order valence-corrected chi connectivity index (χ3v) is 3.13. The summed E-state index contributed by atoms with van der Waals surface area (Å²) in [5.41, 5.74) is 5.49. The predicted molar refractivity (Wildman–Crippen MR) is 85.1 cm³/mol. The standard InChI is InChI=1S/C16H21N3O2/c1-16(2,3)18-14(20)8-9-19-13(17)10-11-6-4-5-7-12(11)15(19)21/h4-7,10H,8-9,17H2,1-3H3,(H,18,20). The Labute approximate surface area is 123 Å². The number of hydrogen-bond acceptors (Lipinski definition) is 3. The highest BCUT2D eigenvalue weighted by molar-refractivity contribution is 5.83. The van der Waals surface area contributed by atoms with Gasteiger partial charge < -0.3 is 11.1 Å². The third-order valence-electron chi connectivity index (χ3n) is 3.13. The Morgan fingerprint density at radius 2 is 1.95 bits per heavy atom. The zero-order chi connectivity index (χ0) is 15.6. The molecule has 112 valence electrons. The predicted octanol–water partition coefficient (Wildman–Crippen LogP) is 1.89. The molecule has 0 aliphatic heterocycles. The molecule has 2 rings (SSSR count). The molecule has 0 saturated heterocycles. The summed E-state index contributed by atoms with van der Waals surface area (Å²) in [5.74, 6) is 0.282. The SMILES string of the molecule is CC(C)(C)NC(=O)CCn1c(N)cc2ccccc2c1=O. The number of carbonyl (C=O) groups excluding carboxylic acids is 1. The zero-order valence-corrected chi connectivity index (χ0v) is 12.6. The molecule has 0 saturated carbocycles. The van der Waals surface area contributed by atoms with Gasteiger partial charge in [-0.3, -0.25) is 14.2 Å². The molecule has 0 unspecified atom stereocenters. The molecule has 5 nitrogen and oxygen atoms in total. The first-order valence-electron chi connectivity index (χ1n) is 6.97. The van der Waals surface area contributed by atoms with Crippen LogP contribution in [0.5, 0.6) is 0 Å². The number of aromatic nitrogens is 1. The van der Waals surface area contributed by atoms with Gasteiger partial charge in [0.15, 0.2) is 0 Å². The number of nitrogens with two attached hydrogens (primary N) is 1. The van der Waals surface area contributed by atoms with Crippen LogP contribution in [0.2, 0.25) is 0 Å². The number of amides is 1. The Morgan fingerprint density at radius 3 is 2.62 bits per heavy atom. The molecule has 21 heavy (non-hydrogen) atoms. The lowest BCUT2D eigenvalue weighted by atomic mass is 10.1. The van der Waals surface area contributed by atoms with Gasteiger partial charge in [-0.1, -0.05) is 18.2 Å². The molecular formula is C16H21N3O2. The van der Waals surface area contributed by atoms with E-state index in [1.54, 1.807) is 12.1 Å². The second-order valence-corrected chi connectivity index (χ2v) is 6.16. The second kappa shape index (κ2) is 5.60. The monoisotopic (exact) mass is 287 g/mol. The lowest BCUT2D eigenvalue weighted by Gasteiger charge is -2.20. The second-order valence-electron chi connectivity index (χ2n) is 6.16. The number of fused-ring (bicyclic) bond motifs is 1. The van der Waals surface area contributed by atoms with E-state index >= 15 is 0 Å². The van der Waals surface area contributed by atoms with Crippen molar-refractivity contribution in [2.75, 3.05) is 5.73 Å². The molecule has 0 radical (unpaired) electrons. The van der Waals surface area contributed by atoms with Gasteiger partial charge in [0, 0.05) is 23.9 Å². The molecule has 0 atom stereocenters. The van der Waals surface area contributed by atoms with Crippen molar-refractivity contribution in [3.63, 3.8) is 0 Å². The summed E-state index contributed by atoms with van der Waals surface area (Å²) in [6.45, 7) is 6.03. The van der Waals surface area contributed by atoms with E-state index in [-0.39, 0.29) is 30.0 Å². The Bertz CT molecular complexity index is 726. The van der Waals surface area contributed by atoms with Crippen LogP contribution in [0.3, 0.4) is 0 Å². The van der Waals surface area contributed by atoms with Crippen molar-refractivity contribution in [3.05, 3.63) is 40.7 Å². The van der Waals surface area contributed by atoms with Crippen LogP contribution in [0.4, 0.5) is 5.82 Å². The van der Waals surface area contributed by atoms with Crippen LogP contribution in [0, 0.1) is 0 Å². The average molecular weight is 287 g/mol. The van der Waals surface area contributed by atoms with Crippen molar-refractivity contribution in [2.24, 2.45) is 0 Å². The normalized spacial score (nSPS) is 11.6. The quantitative estimate of drug-likeness (QED) is 0.905. The number of anilines is 1. The third kappa shape index (κ3) is 3.62. The van der Waals surface area contributed by atoms with E-state index in [9.17, 15) is 9.59 Å². The van der Waals surface area contributed by atoms with Crippen LogP contribution in [0.15, 0.2) is 35.1 Å². The lowest BCUT2D eigenvalue weighted by Crippen LogP contribution is -2.41. The van der Waals surface area contributed by atoms with Crippen molar-refractivity contribution in [3.8, 4) is 0 Å². The van der Waals surface area contributed by atoms with Crippen molar-refractivity contribution in [1.29, 1.82) is 0 Å². The summed E-state index contributed by atoms with van der Waals surface area (Å²) in [6, 6.07) is 9.06. The van der Waals surface area contributed by atoms with Crippen molar-refractivity contribution < 1.29 is 4.79 Å². The molecule has 0 bridgehead atoms. The van der Waals surface area contributed by atoms with E-state index in [1.165, 1.54) is 4.57 Å². The summed E-state index contributed by atoms with van der Waals surface area (Å²) >= 11 is 0. The van der Waals surface area contributed by atoms with Crippen LogP contribution in [-0.2, 0) is 11.3 Å². The fraction of sp³-hybridized carbons (Fsp3) is 0.375. The number of pyridine rings is 1. The van der Waals surface area contributed by atoms with Crippen molar-refractivity contribution >= 4 is 22.5 Å². The van der Waals surface area contributed by atoms with E-state index in [1.807, 2.05) is 39.0 Å². The van der Waals surface area contributed by atoms with Crippen LogP contribution in [-0.4, -0.2) is 16.0 Å². The van der Waals surface area contributed by atoms with Gasteiger partial charge in [-0.15, -0.1) is 0 Å². The minimum Gasteiger partial charge on any atom is -0.385 e. The first kappa shape index (κ1) is 15.1. The molecule has 1 aromatic heterocycles. The number of carbonyl (C=O) groups is 1. The van der Waals surface area contributed by atoms with Crippen molar-refractivity contribution in [1.82, 2.24) is 9.88 Å². The van der Waals surface area contributed by atoms with Gasteiger partial charge >= 0.3 is 0 Å². The molecule has 2 aromatic rings. The summed E-state index contributed by atoms with van der Waals surface area (Å²) in [5, 5.41) is 4.30. The largest absolute Gasteiger partial charge is 0.385 e. The van der Waals surface area contributed by atoms with E-state index in [2.05, 4.69) is 5.32 Å². The first-order valence-corrected chi connectivity index (χ1v) is 6.97. The summed E-state index contributed by atoms with van der Waals surface area (Å²) in [4.78, 5) is 24.2. The van der Waals surface area contributed by atoms with Gasteiger partial charge in [0.2, 0.25) is 5.91 Å². The Kier molecular flexibility index (Phi) is 4.02. The number of benzene rings is 1. The molecule has 0 spiro atoms. The summed E-state index contributed by atoms with van der Waals surface area (Å²) in [7, 11) is 0. The number of nitrogens with one attached hydrogen (secondary N) is 1. The maximum atomic E-state index is 12.4. The smallest absolute Gasteiger partial charge is 0.259 e. The lowest BCUT2D eigenvalue weighted by molar-refractivity contribution is -0.122. The molecular weight excluding hydrogens is 266 g/mol. The van der Waals surface area contributed by atoms with E-state index in [4.69, 9.17) is 5.73 Å².